The summed E-state index contributed by atoms with van der Waals surface area (Å²) >= 11 is 0. The number of rotatable bonds is 4. The largest absolute Gasteiger partial charge is 0.459 e. The summed E-state index contributed by atoms with van der Waals surface area (Å²) in [6, 6.07) is 7.65. The number of fused-ring (bicyclic) bond motifs is 1. The van der Waals surface area contributed by atoms with Crippen LogP contribution >= 0.6 is 0 Å². The highest BCUT2D eigenvalue weighted by atomic mass is 16.5. The van der Waals surface area contributed by atoms with Gasteiger partial charge < -0.3 is 10.1 Å². The van der Waals surface area contributed by atoms with E-state index in [4.69, 9.17) is 4.74 Å². The molecule has 0 heterocycles. The maximum atomic E-state index is 11.6. The average molecular weight is 261 g/mol. The van der Waals surface area contributed by atoms with Gasteiger partial charge in [-0.25, -0.2) is 0 Å². The van der Waals surface area contributed by atoms with Crippen LogP contribution in [0.4, 0.5) is 0 Å². The van der Waals surface area contributed by atoms with Gasteiger partial charge in [-0.1, -0.05) is 31.2 Å². The molecule has 4 nitrogen and oxygen atoms in total. The van der Waals surface area contributed by atoms with E-state index >= 15 is 0 Å². The Morgan fingerprint density at radius 3 is 2.79 bits per heavy atom. The van der Waals surface area contributed by atoms with Crippen molar-refractivity contribution in [1.29, 1.82) is 0 Å². The zero-order valence-electron chi connectivity index (χ0n) is 11.3. The molecule has 1 aromatic carbocycles. The number of carbonyl (C=O) groups excluding carboxylic acids is 2. The molecule has 0 fully saturated rings. The normalized spacial score (nSPS) is 20.7. The summed E-state index contributed by atoms with van der Waals surface area (Å²) in [5.41, 5.74) is 2.18. The summed E-state index contributed by atoms with van der Waals surface area (Å²) in [7, 11) is 0. The molecule has 0 bridgehead atoms. The average Bonchev–Trinajstić information content (AvgIpc) is 2.67. The Kier molecular flexibility index (Phi) is 4.20. The highest BCUT2D eigenvalue weighted by molar-refractivity contribution is 5.74. The van der Waals surface area contributed by atoms with Crippen molar-refractivity contribution in [2.75, 3.05) is 0 Å². The summed E-state index contributed by atoms with van der Waals surface area (Å²) in [5.74, 6) is -0.311. The molecule has 1 N–H and O–H groups in total. The number of carbonyl (C=O) groups is 2. The van der Waals surface area contributed by atoms with Crippen LogP contribution in [0.2, 0.25) is 0 Å². The molecule has 1 aliphatic carbocycles. The predicted molar refractivity (Wildman–Crippen MR) is 71.5 cm³/mol. The maximum absolute atomic E-state index is 11.6. The highest BCUT2D eigenvalue weighted by Gasteiger charge is 2.35. The van der Waals surface area contributed by atoms with Gasteiger partial charge in [-0.3, -0.25) is 9.59 Å². The van der Waals surface area contributed by atoms with Crippen molar-refractivity contribution in [3.8, 4) is 0 Å². The molecule has 4 heteroatoms. The lowest BCUT2D eigenvalue weighted by Gasteiger charge is -2.21. The van der Waals surface area contributed by atoms with Crippen LogP contribution in [0.1, 0.15) is 43.9 Å². The van der Waals surface area contributed by atoms with Crippen LogP contribution < -0.4 is 5.32 Å². The first-order chi connectivity index (χ1) is 9.11. The summed E-state index contributed by atoms with van der Waals surface area (Å²) in [6.07, 6.45) is 1.56. The van der Waals surface area contributed by atoms with E-state index in [0.717, 1.165) is 17.5 Å². The second-order valence-corrected chi connectivity index (χ2v) is 4.86. The van der Waals surface area contributed by atoms with Crippen molar-refractivity contribution in [3.63, 3.8) is 0 Å². The Morgan fingerprint density at radius 1 is 1.37 bits per heavy atom. The Morgan fingerprint density at radius 2 is 2.11 bits per heavy atom. The number of ether oxygens (including phenoxy) is 1. The minimum atomic E-state index is -0.291. The van der Waals surface area contributed by atoms with E-state index in [9.17, 15) is 9.59 Å². The molecular weight excluding hydrogens is 242 g/mol. The first kappa shape index (κ1) is 13.6. The Balaban J connectivity index is 2.16. The van der Waals surface area contributed by atoms with E-state index in [-0.39, 0.29) is 24.0 Å². The fourth-order valence-electron chi connectivity index (χ4n) is 2.49. The van der Waals surface area contributed by atoms with E-state index in [1.807, 2.05) is 31.2 Å². The molecule has 1 aliphatic rings. The molecule has 0 aliphatic heterocycles. The third-order valence-electron chi connectivity index (χ3n) is 3.28. The van der Waals surface area contributed by atoms with Gasteiger partial charge >= 0.3 is 5.97 Å². The Bertz CT molecular complexity index is 484. The molecule has 0 radical (unpaired) electrons. The lowest BCUT2D eigenvalue weighted by Crippen LogP contribution is -2.35. The minimum absolute atomic E-state index is 0.113. The number of esters is 1. The summed E-state index contributed by atoms with van der Waals surface area (Å²) in [5, 5.41) is 2.88. The van der Waals surface area contributed by atoms with Crippen molar-refractivity contribution in [3.05, 3.63) is 35.4 Å². The lowest BCUT2D eigenvalue weighted by atomic mass is 10.1. The molecule has 2 atom stereocenters. The standard InChI is InChI=1S/C15H19NO3/c1-3-6-14(18)19-13-9-11-7-4-5-8-12(11)15(13)16-10(2)17/h4-5,7-8,13,15H,3,6,9H2,1-2H3,(H,16,17)/t13-,15+/m0/s1. The molecule has 0 saturated heterocycles. The van der Waals surface area contributed by atoms with E-state index in [1.165, 1.54) is 6.92 Å². The lowest BCUT2D eigenvalue weighted by molar-refractivity contribution is -0.150. The number of nitrogens with one attached hydrogen (secondary N) is 1. The number of amides is 1. The second-order valence-electron chi connectivity index (χ2n) is 4.86. The van der Waals surface area contributed by atoms with Crippen LogP contribution in [-0.2, 0) is 20.7 Å². The third-order valence-corrected chi connectivity index (χ3v) is 3.28. The third kappa shape index (κ3) is 3.13. The highest BCUT2D eigenvalue weighted by Crippen LogP contribution is 2.33. The predicted octanol–water partition coefficient (Wildman–Crippen LogP) is 2.13. The quantitative estimate of drug-likeness (QED) is 0.845. The SMILES string of the molecule is CCCC(=O)O[C@H]1Cc2ccccc2[C@H]1NC(C)=O. The molecule has 1 amide bonds. The number of hydrogen-bond donors (Lipinski definition) is 1. The molecule has 19 heavy (non-hydrogen) atoms. The zero-order valence-corrected chi connectivity index (χ0v) is 11.3. The van der Waals surface area contributed by atoms with Gasteiger partial charge in [0.05, 0.1) is 6.04 Å². The summed E-state index contributed by atoms with van der Waals surface area (Å²) < 4.78 is 5.49. The first-order valence-corrected chi connectivity index (χ1v) is 6.66. The van der Waals surface area contributed by atoms with Crippen LogP contribution in [-0.4, -0.2) is 18.0 Å². The van der Waals surface area contributed by atoms with Crippen molar-refractivity contribution in [1.82, 2.24) is 5.32 Å². The fourth-order valence-corrected chi connectivity index (χ4v) is 2.49. The summed E-state index contributed by atoms with van der Waals surface area (Å²) in [4.78, 5) is 23.0. The van der Waals surface area contributed by atoms with E-state index in [2.05, 4.69) is 5.32 Å². The topological polar surface area (TPSA) is 55.4 Å². The van der Waals surface area contributed by atoms with Crippen molar-refractivity contribution >= 4 is 11.9 Å². The van der Waals surface area contributed by atoms with Crippen LogP contribution in [0, 0.1) is 0 Å². The van der Waals surface area contributed by atoms with Gasteiger partial charge in [-0.15, -0.1) is 0 Å². The number of hydrogen-bond acceptors (Lipinski definition) is 3. The van der Waals surface area contributed by atoms with Gasteiger partial charge in [0, 0.05) is 19.8 Å². The molecule has 0 saturated carbocycles. The second kappa shape index (κ2) is 5.87. The van der Waals surface area contributed by atoms with E-state index in [1.54, 1.807) is 0 Å². The van der Waals surface area contributed by atoms with Gasteiger partial charge in [0.1, 0.15) is 6.10 Å². The van der Waals surface area contributed by atoms with E-state index in [0.29, 0.717) is 12.8 Å². The van der Waals surface area contributed by atoms with Crippen LogP contribution in [0.15, 0.2) is 24.3 Å². The smallest absolute Gasteiger partial charge is 0.306 e. The Labute approximate surface area is 113 Å². The van der Waals surface area contributed by atoms with Gasteiger partial charge in [0.15, 0.2) is 0 Å². The monoisotopic (exact) mass is 261 g/mol. The van der Waals surface area contributed by atoms with Gasteiger partial charge in [0.2, 0.25) is 5.91 Å². The van der Waals surface area contributed by atoms with Crippen LogP contribution in [0.25, 0.3) is 0 Å². The van der Waals surface area contributed by atoms with Crippen LogP contribution in [0.5, 0.6) is 0 Å². The molecular formula is C15H19NO3. The van der Waals surface area contributed by atoms with Gasteiger partial charge in [-0.05, 0) is 17.5 Å². The summed E-state index contributed by atoms with van der Waals surface area (Å²) in [6.45, 7) is 3.42. The molecule has 0 aromatic heterocycles. The maximum Gasteiger partial charge on any atom is 0.306 e. The van der Waals surface area contributed by atoms with Crippen molar-refractivity contribution < 1.29 is 14.3 Å². The fraction of sp³-hybridized carbons (Fsp3) is 0.467. The van der Waals surface area contributed by atoms with Crippen molar-refractivity contribution in [2.45, 2.75) is 45.3 Å². The van der Waals surface area contributed by atoms with E-state index < -0.39 is 0 Å². The number of benzene rings is 1. The van der Waals surface area contributed by atoms with Gasteiger partial charge in [0.25, 0.3) is 0 Å². The molecule has 0 unspecified atom stereocenters. The Hall–Kier alpha value is -1.84. The molecule has 0 spiro atoms. The van der Waals surface area contributed by atoms with Gasteiger partial charge in [-0.2, -0.15) is 0 Å². The zero-order chi connectivity index (χ0) is 13.8. The molecule has 102 valence electrons. The molecule has 1 aromatic rings. The van der Waals surface area contributed by atoms with Crippen LogP contribution in [0.3, 0.4) is 0 Å². The first-order valence-electron chi connectivity index (χ1n) is 6.66. The molecule has 2 rings (SSSR count). The van der Waals surface area contributed by atoms with Crippen molar-refractivity contribution in [2.24, 2.45) is 0 Å². The minimum Gasteiger partial charge on any atom is -0.459 e.